The Morgan fingerprint density at radius 3 is 2.58 bits per heavy atom. The number of carbonyl (C=O) groups is 3. The van der Waals surface area contributed by atoms with Crippen molar-refractivity contribution in [2.75, 3.05) is 24.7 Å². The van der Waals surface area contributed by atoms with Crippen LogP contribution in [0.2, 0.25) is 0 Å². The molecule has 2 aliphatic rings. The molecule has 2 amide bonds. The van der Waals surface area contributed by atoms with Gasteiger partial charge in [0.25, 0.3) is 0 Å². The third-order valence-corrected chi connectivity index (χ3v) is 4.59. The fraction of sp³-hybridized carbons (Fsp3) is 0.500. The number of carbonyl (C=O) groups excluding carboxylic acids is 2. The minimum Gasteiger partial charge on any atom is -0.486 e. The molecule has 0 spiro atoms. The number of fused-ring (bicyclic) bond motifs is 1. The van der Waals surface area contributed by atoms with Crippen LogP contribution in [0.5, 0.6) is 11.5 Å². The first kappa shape index (κ1) is 18.0. The Bertz CT molecular complexity index is 732. The summed E-state index contributed by atoms with van der Waals surface area (Å²) in [6.45, 7) is 4.73. The van der Waals surface area contributed by atoms with E-state index in [1.165, 1.54) is 4.90 Å². The van der Waals surface area contributed by atoms with Gasteiger partial charge in [0.15, 0.2) is 11.5 Å². The standard InChI is InChI=1S/C18H22N2O6/c1-10(2)15(18(23)24)19-16(21)12-5-6-20(17(12)22)11-3-4-13-14(9-11)26-8-7-25-13/h3-4,9-10,12,15H,5-8H2,1-2H3,(H,19,21)(H,23,24)/t12?,15-/m1/s1. The van der Waals surface area contributed by atoms with Crippen LogP contribution in [-0.2, 0) is 14.4 Å². The molecular formula is C18H22N2O6. The molecule has 26 heavy (non-hydrogen) atoms. The summed E-state index contributed by atoms with van der Waals surface area (Å²) in [6, 6.07) is 4.20. The van der Waals surface area contributed by atoms with Crippen molar-refractivity contribution in [3.63, 3.8) is 0 Å². The van der Waals surface area contributed by atoms with E-state index in [4.69, 9.17) is 9.47 Å². The highest BCUT2D eigenvalue weighted by Gasteiger charge is 2.39. The van der Waals surface area contributed by atoms with E-state index in [2.05, 4.69) is 5.32 Å². The molecule has 0 radical (unpaired) electrons. The number of hydrogen-bond donors (Lipinski definition) is 2. The second-order valence-corrected chi connectivity index (χ2v) is 6.73. The molecular weight excluding hydrogens is 340 g/mol. The Labute approximate surface area is 151 Å². The quantitative estimate of drug-likeness (QED) is 0.758. The molecule has 1 fully saturated rings. The number of carboxylic acid groups (broad SMARTS) is 1. The van der Waals surface area contributed by atoms with Gasteiger partial charge in [-0.25, -0.2) is 4.79 Å². The Hall–Kier alpha value is -2.77. The predicted octanol–water partition coefficient (Wildman–Crippen LogP) is 1.04. The number of rotatable bonds is 5. The number of nitrogens with zero attached hydrogens (tertiary/aromatic N) is 1. The first-order valence-corrected chi connectivity index (χ1v) is 8.62. The zero-order valence-corrected chi connectivity index (χ0v) is 14.7. The molecule has 1 aromatic carbocycles. The van der Waals surface area contributed by atoms with Crippen molar-refractivity contribution in [3.8, 4) is 11.5 Å². The molecule has 0 aliphatic carbocycles. The number of anilines is 1. The van der Waals surface area contributed by atoms with Crippen LogP contribution in [0.3, 0.4) is 0 Å². The van der Waals surface area contributed by atoms with Gasteiger partial charge in [0.05, 0.1) is 0 Å². The molecule has 3 rings (SSSR count). The topological polar surface area (TPSA) is 105 Å². The lowest BCUT2D eigenvalue weighted by molar-refractivity contribution is -0.144. The van der Waals surface area contributed by atoms with Crippen LogP contribution in [0.15, 0.2) is 18.2 Å². The minimum atomic E-state index is -1.11. The lowest BCUT2D eigenvalue weighted by Crippen LogP contribution is -2.48. The first-order chi connectivity index (χ1) is 12.4. The van der Waals surface area contributed by atoms with Gasteiger partial charge < -0.3 is 24.8 Å². The number of benzene rings is 1. The molecule has 2 atom stereocenters. The summed E-state index contributed by atoms with van der Waals surface area (Å²) in [5.41, 5.74) is 0.633. The number of hydrogen-bond acceptors (Lipinski definition) is 5. The van der Waals surface area contributed by atoms with E-state index >= 15 is 0 Å². The summed E-state index contributed by atoms with van der Waals surface area (Å²) >= 11 is 0. The van der Waals surface area contributed by atoms with E-state index in [1.54, 1.807) is 32.0 Å². The molecule has 2 heterocycles. The van der Waals surface area contributed by atoms with E-state index < -0.39 is 23.8 Å². The van der Waals surface area contributed by atoms with Gasteiger partial charge in [-0.1, -0.05) is 13.8 Å². The highest BCUT2D eigenvalue weighted by Crippen LogP contribution is 2.36. The molecule has 8 nitrogen and oxygen atoms in total. The summed E-state index contributed by atoms with van der Waals surface area (Å²) in [6.07, 6.45) is 0.337. The van der Waals surface area contributed by atoms with Gasteiger partial charge in [-0.05, 0) is 24.5 Å². The number of carboxylic acids is 1. The van der Waals surface area contributed by atoms with E-state index in [1.807, 2.05) is 0 Å². The van der Waals surface area contributed by atoms with Gasteiger partial charge in [0.1, 0.15) is 25.2 Å². The highest BCUT2D eigenvalue weighted by atomic mass is 16.6. The summed E-state index contributed by atoms with van der Waals surface area (Å²) in [7, 11) is 0. The average Bonchev–Trinajstić information content (AvgIpc) is 3.00. The lowest BCUT2D eigenvalue weighted by atomic mass is 10.0. The molecule has 2 N–H and O–H groups in total. The third kappa shape index (κ3) is 3.44. The maximum atomic E-state index is 12.7. The summed E-state index contributed by atoms with van der Waals surface area (Å²) in [5.74, 6) is -1.96. The van der Waals surface area contributed by atoms with Gasteiger partial charge in [-0.15, -0.1) is 0 Å². The average molecular weight is 362 g/mol. The maximum absolute atomic E-state index is 12.7. The smallest absolute Gasteiger partial charge is 0.326 e. The molecule has 8 heteroatoms. The molecule has 1 unspecified atom stereocenters. The van der Waals surface area contributed by atoms with Gasteiger partial charge in [0, 0.05) is 18.3 Å². The SMILES string of the molecule is CC(C)[C@@H](NC(=O)C1CCN(c2ccc3c(c2)OCCO3)C1=O)C(=O)O. The third-order valence-electron chi connectivity index (χ3n) is 4.59. The van der Waals surface area contributed by atoms with Crippen LogP contribution in [-0.4, -0.2) is 48.7 Å². The maximum Gasteiger partial charge on any atom is 0.326 e. The summed E-state index contributed by atoms with van der Waals surface area (Å²) in [5, 5.41) is 11.7. The Morgan fingerprint density at radius 1 is 1.23 bits per heavy atom. The van der Waals surface area contributed by atoms with Crippen LogP contribution in [0.1, 0.15) is 20.3 Å². The van der Waals surface area contributed by atoms with Gasteiger partial charge in [-0.2, -0.15) is 0 Å². The van der Waals surface area contributed by atoms with Crippen LogP contribution in [0.25, 0.3) is 0 Å². The van der Waals surface area contributed by atoms with Crippen molar-refractivity contribution in [2.24, 2.45) is 11.8 Å². The molecule has 2 aliphatic heterocycles. The van der Waals surface area contributed by atoms with Crippen LogP contribution >= 0.6 is 0 Å². The molecule has 1 saturated heterocycles. The first-order valence-electron chi connectivity index (χ1n) is 8.62. The summed E-state index contributed by atoms with van der Waals surface area (Å²) < 4.78 is 11.0. The van der Waals surface area contributed by atoms with Crippen molar-refractivity contribution >= 4 is 23.5 Å². The number of aliphatic carboxylic acids is 1. The van der Waals surface area contributed by atoms with Crippen molar-refractivity contribution in [2.45, 2.75) is 26.3 Å². The largest absolute Gasteiger partial charge is 0.486 e. The monoisotopic (exact) mass is 362 g/mol. The minimum absolute atomic E-state index is 0.276. The second kappa shape index (κ2) is 7.23. The van der Waals surface area contributed by atoms with Gasteiger partial charge >= 0.3 is 5.97 Å². The zero-order chi connectivity index (χ0) is 18.8. The lowest BCUT2D eigenvalue weighted by Gasteiger charge is -2.22. The zero-order valence-electron chi connectivity index (χ0n) is 14.7. The Kier molecular flexibility index (Phi) is 5.01. The molecule has 1 aromatic rings. The molecule has 0 saturated carbocycles. The van der Waals surface area contributed by atoms with E-state index in [9.17, 15) is 19.5 Å². The highest BCUT2D eigenvalue weighted by molar-refractivity contribution is 6.10. The van der Waals surface area contributed by atoms with E-state index in [0.717, 1.165) is 0 Å². The van der Waals surface area contributed by atoms with Gasteiger partial charge in [-0.3, -0.25) is 9.59 Å². The Morgan fingerprint density at radius 2 is 1.92 bits per heavy atom. The fourth-order valence-corrected chi connectivity index (χ4v) is 3.15. The predicted molar refractivity (Wildman–Crippen MR) is 92.3 cm³/mol. The molecule has 0 bridgehead atoms. The normalized spacial score (nSPS) is 20.2. The summed E-state index contributed by atoms with van der Waals surface area (Å²) in [4.78, 5) is 37.9. The number of ether oxygens (including phenoxy) is 2. The number of amides is 2. The van der Waals surface area contributed by atoms with Crippen molar-refractivity contribution in [1.29, 1.82) is 0 Å². The van der Waals surface area contributed by atoms with Crippen LogP contribution < -0.4 is 19.7 Å². The van der Waals surface area contributed by atoms with Crippen LogP contribution in [0, 0.1) is 11.8 Å². The second-order valence-electron chi connectivity index (χ2n) is 6.73. The van der Waals surface area contributed by atoms with Crippen molar-refractivity contribution in [3.05, 3.63) is 18.2 Å². The van der Waals surface area contributed by atoms with Crippen molar-refractivity contribution in [1.82, 2.24) is 5.32 Å². The van der Waals surface area contributed by atoms with E-state index in [-0.39, 0.29) is 11.8 Å². The Balaban J connectivity index is 1.71. The number of nitrogens with one attached hydrogen (secondary N) is 1. The molecule has 140 valence electrons. The van der Waals surface area contributed by atoms with Crippen LogP contribution in [0.4, 0.5) is 5.69 Å². The van der Waals surface area contributed by atoms with Crippen molar-refractivity contribution < 1.29 is 29.0 Å². The van der Waals surface area contributed by atoms with Gasteiger partial charge in [0.2, 0.25) is 11.8 Å². The fourth-order valence-electron chi connectivity index (χ4n) is 3.15. The molecule has 0 aromatic heterocycles. The van der Waals surface area contributed by atoms with E-state index in [0.29, 0.717) is 43.4 Å².